The average molecular weight is 159 g/mol. The van der Waals surface area contributed by atoms with Crippen molar-refractivity contribution in [3.63, 3.8) is 0 Å². The SMILES string of the molecule is c1ccn(Cc2ccnnc2)c1. The van der Waals surface area contributed by atoms with Gasteiger partial charge in [-0.2, -0.15) is 10.2 Å². The molecule has 0 saturated carbocycles. The van der Waals surface area contributed by atoms with Gasteiger partial charge < -0.3 is 4.57 Å². The number of hydrogen-bond donors (Lipinski definition) is 0. The summed E-state index contributed by atoms with van der Waals surface area (Å²) in [6.45, 7) is 0.864. The van der Waals surface area contributed by atoms with Gasteiger partial charge in [-0.05, 0) is 23.8 Å². The minimum atomic E-state index is 0.864. The van der Waals surface area contributed by atoms with Gasteiger partial charge in [0.15, 0.2) is 0 Å². The lowest BCUT2D eigenvalue weighted by atomic mass is 10.3. The standard InChI is InChI=1S/C9H9N3/c1-2-6-12(5-1)8-9-3-4-10-11-7-9/h1-7H,8H2. The summed E-state index contributed by atoms with van der Waals surface area (Å²) in [4.78, 5) is 0. The first-order valence-electron chi connectivity index (χ1n) is 3.81. The highest BCUT2D eigenvalue weighted by molar-refractivity contribution is 5.07. The first-order chi connectivity index (χ1) is 5.95. The number of rotatable bonds is 2. The smallest absolute Gasteiger partial charge is 0.0546 e. The van der Waals surface area contributed by atoms with E-state index in [4.69, 9.17) is 0 Å². The molecule has 60 valence electrons. The minimum absolute atomic E-state index is 0.864. The average Bonchev–Trinajstić information content (AvgIpc) is 2.59. The molecule has 2 aromatic rings. The Kier molecular flexibility index (Phi) is 1.86. The summed E-state index contributed by atoms with van der Waals surface area (Å²) >= 11 is 0. The third-order valence-electron chi connectivity index (χ3n) is 1.68. The summed E-state index contributed by atoms with van der Waals surface area (Å²) in [6, 6.07) is 5.98. The van der Waals surface area contributed by atoms with Crippen LogP contribution in [-0.4, -0.2) is 14.8 Å². The van der Waals surface area contributed by atoms with Crippen LogP contribution in [0.3, 0.4) is 0 Å². The molecule has 0 N–H and O–H groups in total. The van der Waals surface area contributed by atoms with Crippen molar-refractivity contribution in [2.75, 3.05) is 0 Å². The zero-order chi connectivity index (χ0) is 8.23. The van der Waals surface area contributed by atoms with Gasteiger partial charge in [-0.3, -0.25) is 0 Å². The van der Waals surface area contributed by atoms with Crippen molar-refractivity contribution in [1.82, 2.24) is 14.8 Å². The first-order valence-corrected chi connectivity index (χ1v) is 3.81. The molecule has 3 heteroatoms. The fraction of sp³-hybridized carbons (Fsp3) is 0.111. The topological polar surface area (TPSA) is 30.7 Å². The van der Waals surface area contributed by atoms with Gasteiger partial charge in [-0.15, -0.1) is 0 Å². The predicted octanol–water partition coefficient (Wildman–Crippen LogP) is 1.33. The van der Waals surface area contributed by atoms with Crippen molar-refractivity contribution in [3.05, 3.63) is 48.5 Å². The Labute approximate surface area is 70.7 Å². The molecule has 0 bridgehead atoms. The molecule has 3 nitrogen and oxygen atoms in total. The normalized spacial score (nSPS) is 10.0. The van der Waals surface area contributed by atoms with Gasteiger partial charge in [-0.1, -0.05) is 0 Å². The molecule has 0 aromatic carbocycles. The van der Waals surface area contributed by atoms with Crippen molar-refractivity contribution in [2.45, 2.75) is 6.54 Å². The molecule has 0 radical (unpaired) electrons. The number of nitrogens with zero attached hydrogens (tertiary/aromatic N) is 3. The second kappa shape index (κ2) is 3.17. The van der Waals surface area contributed by atoms with E-state index in [0.717, 1.165) is 6.54 Å². The molecule has 12 heavy (non-hydrogen) atoms. The Morgan fingerprint density at radius 3 is 2.67 bits per heavy atom. The summed E-state index contributed by atoms with van der Waals surface area (Å²) in [7, 11) is 0. The first kappa shape index (κ1) is 7.03. The maximum absolute atomic E-state index is 3.80. The Hall–Kier alpha value is -1.64. The summed E-state index contributed by atoms with van der Waals surface area (Å²) in [6.07, 6.45) is 7.54. The van der Waals surface area contributed by atoms with E-state index in [0.29, 0.717) is 0 Å². The van der Waals surface area contributed by atoms with Crippen LogP contribution in [0.2, 0.25) is 0 Å². The molecule has 2 aromatic heterocycles. The molecule has 2 heterocycles. The molecule has 0 atom stereocenters. The molecule has 0 amide bonds. The number of aromatic nitrogens is 3. The molecule has 0 aliphatic carbocycles. The molecule has 2 rings (SSSR count). The highest BCUT2D eigenvalue weighted by atomic mass is 15.1. The van der Waals surface area contributed by atoms with Crippen molar-refractivity contribution in [3.8, 4) is 0 Å². The quantitative estimate of drug-likeness (QED) is 0.661. The molecule has 0 aliphatic heterocycles. The maximum atomic E-state index is 3.80. The van der Waals surface area contributed by atoms with E-state index < -0.39 is 0 Å². The maximum Gasteiger partial charge on any atom is 0.0546 e. The minimum Gasteiger partial charge on any atom is -0.350 e. The Morgan fingerprint density at radius 1 is 1.17 bits per heavy atom. The molecule has 0 aliphatic rings. The van der Waals surface area contributed by atoms with Crippen molar-refractivity contribution < 1.29 is 0 Å². The van der Waals surface area contributed by atoms with E-state index >= 15 is 0 Å². The van der Waals surface area contributed by atoms with Crippen molar-refractivity contribution in [2.24, 2.45) is 0 Å². The summed E-state index contributed by atoms with van der Waals surface area (Å²) < 4.78 is 2.09. The molecule has 0 saturated heterocycles. The van der Waals surface area contributed by atoms with Crippen LogP contribution in [0.25, 0.3) is 0 Å². The van der Waals surface area contributed by atoms with E-state index in [2.05, 4.69) is 14.8 Å². The van der Waals surface area contributed by atoms with E-state index in [9.17, 15) is 0 Å². The van der Waals surface area contributed by atoms with Gasteiger partial charge in [-0.25, -0.2) is 0 Å². The lowest BCUT2D eigenvalue weighted by Crippen LogP contribution is -1.96. The highest BCUT2D eigenvalue weighted by Gasteiger charge is 1.91. The van der Waals surface area contributed by atoms with Crippen LogP contribution in [-0.2, 0) is 6.54 Å². The van der Waals surface area contributed by atoms with E-state index in [-0.39, 0.29) is 0 Å². The third-order valence-corrected chi connectivity index (χ3v) is 1.68. The van der Waals surface area contributed by atoms with Crippen molar-refractivity contribution >= 4 is 0 Å². The van der Waals surface area contributed by atoms with Gasteiger partial charge in [0.25, 0.3) is 0 Å². The van der Waals surface area contributed by atoms with Crippen LogP contribution in [0.1, 0.15) is 5.56 Å². The van der Waals surface area contributed by atoms with Gasteiger partial charge >= 0.3 is 0 Å². The van der Waals surface area contributed by atoms with E-state index in [1.807, 2.05) is 30.6 Å². The van der Waals surface area contributed by atoms with Crippen molar-refractivity contribution in [1.29, 1.82) is 0 Å². The zero-order valence-electron chi connectivity index (χ0n) is 6.59. The largest absolute Gasteiger partial charge is 0.350 e. The Balaban J connectivity index is 2.15. The molecular weight excluding hydrogens is 150 g/mol. The van der Waals surface area contributed by atoms with Crippen LogP contribution in [0.15, 0.2) is 43.0 Å². The highest BCUT2D eigenvalue weighted by Crippen LogP contribution is 1.99. The third kappa shape index (κ3) is 1.50. The summed E-state index contributed by atoms with van der Waals surface area (Å²) in [5, 5.41) is 7.52. The monoisotopic (exact) mass is 159 g/mol. The predicted molar refractivity (Wildman–Crippen MR) is 45.6 cm³/mol. The summed E-state index contributed by atoms with van der Waals surface area (Å²) in [5.74, 6) is 0. The van der Waals surface area contributed by atoms with Crippen LogP contribution in [0, 0.1) is 0 Å². The summed E-state index contributed by atoms with van der Waals surface area (Å²) in [5.41, 5.74) is 1.17. The lowest BCUT2D eigenvalue weighted by Gasteiger charge is -2.00. The van der Waals surface area contributed by atoms with E-state index in [1.165, 1.54) is 5.56 Å². The molecule has 0 fully saturated rings. The fourth-order valence-corrected chi connectivity index (χ4v) is 1.10. The van der Waals surface area contributed by atoms with Gasteiger partial charge in [0.1, 0.15) is 0 Å². The van der Waals surface area contributed by atoms with E-state index in [1.54, 1.807) is 12.4 Å². The van der Waals surface area contributed by atoms with Crippen LogP contribution in [0.4, 0.5) is 0 Å². The van der Waals surface area contributed by atoms with Crippen LogP contribution >= 0.6 is 0 Å². The second-order valence-electron chi connectivity index (χ2n) is 2.61. The molecule has 0 spiro atoms. The molecular formula is C9H9N3. The van der Waals surface area contributed by atoms with Gasteiger partial charge in [0.2, 0.25) is 0 Å². The fourth-order valence-electron chi connectivity index (χ4n) is 1.10. The van der Waals surface area contributed by atoms with Gasteiger partial charge in [0, 0.05) is 25.1 Å². The van der Waals surface area contributed by atoms with Gasteiger partial charge in [0.05, 0.1) is 6.20 Å². The lowest BCUT2D eigenvalue weighted by molar-refractivity contribution is 0.794. The van der Waals surface area contributed by atoms with Crippen LogP contribution in [0.5, 0.6) is 0 Å². The Bertz CT molecular complexity index is 326. The zero-order valence-corrected chi connectivity index (χ0v) is 6.59. The number of hydrogen-bond acceptors (Lipinski definition) is 2. The van der Waals surface area contributed by atoms with Crippen LogP contribution < -0.4 is 0 Å². The molecule has 0 unspecified atom stereocenters. The Morgan fingerprint density at radius 2 is 2.00 bits per heavy atom. The second-order valence-corrected chi connectivity index (χ2v) is 2.61.